The molecule has 31 heavy (non-hydrogen) atoms. The Balaban J connectivity index is 1.53. The van der Waals surface area contributed by atoms with E-state index in [1.165, 1.54) is 9.80 Å². The molecule has 1 aliphatic heterocycles. The van der Waals surface area contributed by atoms with Gasteiger partial charge in [-0.05, 0) is 35.9 Å². The molecule has 160 valence electrons. The number of oxazole rings is 1. The van der Waals surface area contributed by atoms with Gasteiger partial charge in [-0.2, -0.15) is 0 Å². The van der Waals surface area contributed by atoms with Crippen molar-refractivity contribution in [3.05, 3.63) is 59.5 Å². The van der Waals surface area contributed by atoms with E-state index in [2.05, 4.69) is 10.3 Å². The number of carboxylic acid groups (broad SMARTS) is 1. The fourth-order valence-corrected chi connectivity index (χ4v) is 3.64. The van der Waals surface area contributed by atoms with E-state index in [1.54, 1.807) is 32.3 Å². The smallest absolute Gasteiger partial charge is 0.305 e. The highest BCUT2D eigenvalue weighted by Gasteiger charge is 2.29. The summed E-state index contributed by atoms with van der Waals surface area (Å²) in [6.07, 6.45) is -0.323. The van der Waals surface area contributed by atoms with Crippen molar-refractivity contribution in [1.82, 2.24) is 14.8 Å². The highest BCUT2D eigenvalue weighted by Crippen LogP contribution is 2.25. The monoisotopic (exact) mass is 422 g/mol. The summed E-state index contributed by atoms with van der Waals surface area (Å²) in [5, 5.41) is 12.1. The lowest BCUT2D eigenvalue weighted by molar-refractivity contribution is -0.141. The van der Waals surface area contributed by atoms with Crippen LogP contribution in [0.5, 0.6) is 0 Å². The molecule has 1 aliphatic rings. The molecule has 1 aromatic heterocycles. The molecule has 2 N–H and O–H groups in total. The van der Waals surface area contributed by atoms with Gasteiger partial charge >= 0.3 is 5.97 Å². The molecule has 2 amide bonds. The van der Waals surface area contributed by atoms with Crippen LogP contribution in [0.4, 0.5) is 5.69 Å². The number of carbonyl (C=O) groups is 3. The Morgan fingerprint density at radius 1 is 1.29 bits per heavy atom. The van der Waals surface area contributed by atoms with E-state index in [0.717, 1.165) is 11.1 Å². The number of aliphatic carboxylic acids is 1. The molecule has 0 spiro atoms. The van der Waals surface area contributed by atoms with Gasteiger partial charge < -0.3 is 24.6 Å². The minimum absolute atomic E-state index is 0.210. The van der Waals surface area contributed by atoms with Crippen LogP contribution in [-0.4, -0.2) is 57.8 Å². The topological polar surface area (TPSA) is 116 Å². The Kier molecular flexibility index (Phi) is 5.33. The molecule has 0 unspecified atom stereocenters. The van der Waals surface area contributed by atoms with Crippen LogP contribution in [0.25, 0.3) is 11.1 Å². The third-order valence-electron chi connectivity index (χ3n) is 5.20. The van der Waals surface area contributed by atoms with E-state index in [4.69, 9.17) is 9.52 Å². The molecule has 0 saturated carbocycles. The van der Waals surface area contributed by atoms with Crippen molar-refractivity contribution in [1.29, 1.82) is 0 Å². The standard InChI is InChI=1S/C22H22N4O5/c1-25-11-14-9-13(7-8-15(14)23-17(22(25)30)10-20(27)28)21(29)26(2)12-19-24-16-5-3-4-6-18(16)31-19/h3-9,17,23H,10-12H2,1-2H3,(H,27,28)/t17-/m0/s1. The second-order valence-electron chi connectivity index (χ2n) is 7.60. The zero-order valence-corrected chi connectivity index (χ0v) is 17.2. The SMILES string of the molecule is CN(Cc1nc2ccccc2o1)C(=O)c1ccc2c(c1)CN(C)C(=O)[C@H](CC(=O)O)N2. The molecule has 0 fully saturated rings. The molecular formula is C22H22N4O5. The zero-order chi connectivity index (χ0) is 22.1. The number of rotatable bonds is 5. The molecule has 0 aliphatic carbocycles. The number of carbonyl (C=O) groups excluding carboxylic acids is 2. The summed E-state index contributed by atoms with van der Waals surface area (Å²) in [6.45, 7) is 0.481. The van der Waals surface area contributed by atoms with Gasteiger partial charge in [-0.1, -0.05) is 12.1 Å². The zero-order valence-electron chi connectivity index (χ0n) is 17.2. The van der Waals surface area contributed by atoms with E-state index in [9.17, 15) is 14.4 Å². The fourth-order valence-electron chi connectivity index (χ4n) is 3.64. The minimum atomic E-state index is -1.06. The first-order chi connectivity index (χ1) is 14.8. The lowest BCUT2D eigenvalue weighted by Crippen LogP contribution is -2.39. The quantitative estimate of drug-likeness (QED) is 0.648. The summed E-state index contributed by atoms with van der Waals surface area (Å²) >= 11 is 0. The lowest BCUT2D eigenvalue weighted by Gasteiger charge is -2.19. The number of anilines is 1. The highest BCUT2D eigenvalue weighted by atomic mass is 16.4. The summed E-state index contributed by atoms with van der Waals surface area (Å²) < 4.78 is 5.69. The van der Waals surface area contributed by atoms with Gasteiger partial charge in [-0.3, -0.25) is 14.4 Å². The molecule has 9 heteroatoms. The Bertz CT molecular complexity index is 1140. The van der Waals surface area contributed by atoms with Crippen molar-refractivity contribution in [2.24, 2.45) is 0 Å². The Labute approximate surface area is 178 Å². The van der Waals surface area contributed by atoms with Crippen LogP contribution >= 0.6 is 0 Å². The number of para-hydroxylation sites is 2. The largest absolute Gasteiger partial charge is 0.481 e. The van der Waals surface area contributed by atoms with E-state index in [0.29, 0.717) is 22.7 Å². The average Bonchev–Trinajstić information content (AvgIpc) is 3.10. The fraction of sp³-hybridized carbons (Fsp3) is 0.273. The van der Waals surface area contributed by atoms with Crippen molar-refractivity contribution in [2.45, 2.75) is 25.6 Å². The van der Waals surface area contributed by atoms with Gasteiger partial charge in [0.15, 0.2) is 5.58 Å². The number of aromatic nitrogens is 1. The van der Waals surface area contributed by atoms with Crippen LogP contribution < -0.4 is 5.32 Å². The van der Waals surface area contributed by atoms with Gasteiger partial charge in [-0.15, -0.1) is 0 Å². The maximum absolute atomic E-state index is 13.0. The van der Waals surface area contributed by atoms with Gasteiger partial charge in [-0.25, -0.2) is 4.98 Å². The number of fused-ring (bicyclic) bond motifs is 2. The summed E-state index contributed by atoms with van der Waals surface area (Å²) in [6, 6.07) is 11.6. The molecule has 0 bridgehead atoms. The van der Waals surface area contributed by atoms with Crippen LogP contribution in [-0.2, 0) is 22.7 Å². The van der Waals surface area contributed by atoms with Crippen molar-refractivity contribution < 1.29 is 23.9 Å². The lowest BCUT2D eigenvalue weighted by atomic mass is 10.1. The summed E-state index contributed by atoms with van der Waals surface area (Å²) in [7, 11) is 3.28. The van der Waals surface area contributed by atoms with Crippen LogP contribution in [0.3, 0.4) is 0 Å². The van der Waals surface area contributed by atoms with Crippen molar-refractivity contribution in [3.8, 4) is 0 Å². The van der Waals surface area contributed by atoms with Gasteiger partial charge in [0.2, 0.25) is 11.8 Å². The molecule has 0 radical (unpaired) electrons. The van der Waals surface area contributed by atoms with Crippen LogP contribution in [0.1, 0.15) is 28.2 Å². The highest BCUT2D eigenvalue weighted by molar-refractivity contribution is 5.95. The number of carboxylic acids is 1. The van der Waals surface area contributed by atoms with E-state index >= 15 is 0 Å². The predicted octanol–water partition coefficient (Wildman–Crippen LogP) is 2.33. The van der Waals surface area contributed by atoms with Crippen molar-refractivity contribution >= 4 is 34.6 Å². The molecule has 3 aromatic rings. The molecule has 9 nitrogen and oxygen atoms in total. The molecule has 2 heterocycles. The number of benzene rings is 2. The van der Waals surface area contributed by atoms with Crippen molar-refractivity contribution in [3.63, 3.8) is 0 Å². The molecule has 0 saturated heterocycles. The van der Waals surface area contributed by atoms with Gasteiger partial charge in [0.25, 0.3) is 5.91 Å². The minimum Gasteiger partial charge on any atom is -0.481 e. The first-order valence-electron chi connectivity index (χ1n) is 9.78. The van der Waals surface area contributed by atoms with Gasteiger partial charge in [0, 0.05) is 31.9 Å². The summed E-state index contributed by atoms with van der Waals surface area (Å²) in [5.74, 6) is -1.14. The van der Waals surface area contributed by atoms with Crippen LogP contribution in [0, 0.1) is 0 Å². The normalized spacial score (nSPS) is 15.9. The predicted molar refractivity (Wildman–Crippen MR) is 112 cm³/mol. The Hall–Kier alpha value is -3.88. The molecule has 4 rings (SSSR count). The average molecular weight is 422 g/mol. The number of hydrogen-bond donors (Lipinski definition) is 2. The number of likely N-dealkylation sites (N-methyl/N-ethyl adjacent to an activating group) is 1. The first-order valence-corrected chi connectivity index (χ1v) is 9.78. The third kappa shape index (κ3) is 4.20. The second kappa shape index (κ2) is 8.10. The van der Waals surface area contributed by atoms with Crippen molar-refractivity contribution in [2.75, 3.05) is 19.4 Å². The van der Waals surface area contributed by atoms with E-state index in [-0.39, 0.29) is 31.3 Å². The van der Waals surface area contributed by atoms with Gasteiger partial charge in [0.1, 0.15) is 11.6 Å². The Morgan fingerprint density at radius 2 is 2.06 bits per heavy atom. The number of amides is 2. The maximum atomic E-state index is 13.0. The second-order valence-corrected chi connectivity index (χ2v) is 7.60. The van der Waals surface area contributed by atoms with E-state index in [1.807, 2.05) is 24.3 Å². The van der Waals surface area contributed by atoms with Crippen LogP contribution in [0.15, 0.2) is 46.9 Å². The number of nitrogens with one attached hydrogen (secondary N) is 1. The third-order valence-corrected chi connectivity index (χ3v) is 5.20. The summed E-state index contributed by atoms with van der Waals surface area (Å²) in [4.78, 5) is 43.9. The summed E-state index contributed by atoms with van der Waals surface area (Å²) in [5.41, 5.74) is 3.24. The van der Waals surface area contributed by atoms with Gasteiger partial charge in [0.05, 0.1) is 13.0 Å². The molecule has 1 atom stereocenters. The van der Waals surface area contributed by atoms with E-state index < -0.39 is 12.0 Å². The Morgan fingerprint density at radius 3 is 2.81 bits per heavy atom. The van der Waals surface area contributed by atoms with Crippen LogP contribution in [0.2, 0.25) is 0 Å². The molecular weight excluding hydrogens is 400 g/mol. The number of hydrogen-bond acceptors (Lipinski definition) is 6. The first kappa shape index (κ1) is 20.4. The number of nitrogens with zero attached hydrogens (tertiary/aromatic N) is 3. The maximum Gasteiger partial charge on any atom is 0.305 e. The molecule has 2 aromatic carbocycles.